The molecule has 0 aliphatic carbocycles. The van der Waals surface area contributed by atoms with E-state index in [0.29, 0.717) is 0 Å². The van der Waals surface area contributed by atoms with Crippen LogP contribution in [0.4, 0.5) is 0 Å². The van der Waals surface area contributed by atoms with E-state index in [0.717, 1.165) is 25.6 Å². The van der Waals surface area contributed by atoms with E-state index < -0.39 is 0 Å². The maximum atomic E-state index is 5.31. The van der Waals surface area contributed by atoms with Crippen LogP contribution in [0.25, 0.3) is 0 Å². The van der Waals surface area contributed by atoms with Crippen LogP contribution in [0, 0.1) is 12.8 Å². The highest BCUT2D eigenvalue weighted by Gasteiger charge is 2.20. The van der Waals surface area contributed by atoms with Gasteiger partial charge in [-0.25, -0.2) is 0 Å². The Morgan fingerprint density at radius 2 is 2.37 bits per heavy atom. The molecule has 0 bridgehead atoms. The Morgan fingerprint density at radius 3 is 3.11 bits per heavy atom. The van der Waals surface area contributed by atoms with Gasteiger partial charge in [0.25, 0.3) is 0 Å². The predicted molar refractivity (Wildman–Crippen MR) is 81.7 cm³/mol. The van der Waals surface area contributed by atoms with Gasteiger partial charge in [-0.15, -0.1) is 11.3 Å². The highest BCUT2D eigenvalue weighted by molar-refractivity contribution is 7.12. The van der Waals surface area contributed by atoms with Gasteiger partial charge in [-0.05, 0) is 50.9 Å². The molecule has 1 fully saturated rings. The number of ether oxygens (including phenoxy) is 1. The summed E-state index contributed by atoms with van der Waals surface area (Å²) in [7, 11) is 3.82. The molecular formula is C15H26N2OS. The fourth-order valence-corrected chi connectivity index (χ4v) is 3.98. The average molecular weight is 282 g/mol. The van der Waals surface area contributed by atoms with Crippen molar-refractivity contribution in [3.63, 3.8) is 0 Å². The van der Waals surface area contributed by atoms with Gasteiger partial charge in [0.05, 0.1) is 6.61 Å². The minimum absolute atomic E-state index is 0.717. The van der Waals surface area contributed by atoms with Crippen LogP contribution in [0.5, 0.6) is 0 Å². The smallest absolute Gasteiger partial charge is 0.0502 e. The molecule has 0 aromatic carbocycles. The summed E-state index contributed by atoms with van der Waals surface area (Å²) in [5.74, 6) is 0.717. The molecule has 0 radical (unpaired) electrons. The Hall–Kier alpha value is -0.420. The third kappa shape index (κ3) is 4.28. The number of rotatable bonds is 6. The normalized spacial score (nSPS) is 20.9. The molecule has 1 N–H and O–H groups in total. The topological polar surface area (TPSA) is 24.5 Å². The van der Waals surface area contributed by atoms with E-state index in [1.54, 1.807) is 0 Å². The van der Waals surface area contributed by atoms with Crippen LogP contribution < -0.4 is 5.32 Å². The number of likely N-dealkylation sites (tertiary alicyclic amines) is 1. The third-order valence-electron chi connectivity index (χ3n) is 3.82. The van der Waals surface area contributed by atoms with Crippen LogP contribution in [0.1, 0.15) is 28.2 Å². The monoisotopic (exact) mass is 282 g/mol. The van der Waals surface area contributed by atoms with E-state index >= 15 is 0 Å². The van der Waals surface area contributed by atoms with E-state index in [9.17, 15) is 0 Å². The Morgan fingerprint density at radius 1 is 1.53 bits per heavy atom. The SMILES string of the molecule is CNCc1cc(CN2CCCC(COC)C2)c(C)s1. The number of nitrogens with zero attached hydrogens (tertiary/aromatic N) is 1. The fourth-order valence-electron chi connectivity index (χ4n) is 2.91. The molecule has 4 heteroatoms. The van der Waals surface area contributed by atoms with E-state index in [1.807, 2.05) is 25.5 Å². The maximum absolute atomic E-state index is 5.31. The number of hydrogen-bond donors (Lipinski definition) is 1. The summed E-state index contributed by atoms with van der Waals surface area (Å²) in [5.41, 5.74) is 1.51. The second kappa shape index (κ2) is 7.39. The minimum Gasteiger partial charge on any atom is -0.384 e. The Balaban J connectivity index is 1.92. The van der Waals surface area contributed by atoms with Gasteiger partial charge in [0, 0.05) is 36.5 Å². The predicted octanol–water partition coefficient (Wildman–Crippen LogP) is 2.63. The van der Waals surface area contributed by atoms with Gasteiger partial charge >= 0.3 is 0 Å². The van der Waals surface area contributed by atoms with Gasteiger partial charge in [0.15, 0.2) is 0 Å². The van der Waals surface area contributed by atoms with Gasteiger partial charge in [0.2, 0.25) is 0 Å². The summed E-state index contributed by atoms with van der Waals surface area (Å²) in [6.45, 7) is 7.66. The van der Waals surface area contributed by atoms with Gasteiger partial charge in [-0.1, -0.05) is 0 Å². The van der Waals surface area contributed by atoms with Crippen molar-refractivity contribution in [2.45, 2.75) is 32.9 Å². The lowest BCUT2D eigenvalue weighted by Gasteiger charge is -2.32. The number of hydrogen-bond acceptors (Lipinski definition) is 4. The number of methoxy groups -OCH3 is 1. The highest BCUT2D eigenvalue weighted by Crippen LogP contribution is 2.25. The molecule has 2 rings (SSSR count). The largest absolute Gasteiger partial charge is 0.384 e. The molecule has 1 aromatic heterocycles. The number of thiophene rings is 1. The molecule has 0 amide bonds. The first-order valence-electron chi connectivity index (χ1n) is 7.17. The second-order valence-corrected chi connectivity index (χ2v) is 6.86. The van der Waals surface area contributed by atoms with E-state index in [2.05, 4.69) is 23.2 Å². The van der Waals surface area contributed by atoms with Crippen LogP contribution in [0.15, 0.2) is 6.07 Å². The molecule has 1 aliphatic rings. The molecule has 1 unspecified atom stereocenters. The Labute approximate surface area is 121 Å². The van der Waals surface area contributed by atoms with Crippen molar-refractivity contribution in [1.29, 1.82) is 0 Å². The molecule has 1 saturated heterocycles. The lowest BCUT2D eigenvalue weighted by molar-refractivity contribution is 0.0873. The van der Waals surface area contributed by atoms with Crippen molar-refractivity contribution in [2.75, 3.05) is 33.9 Å². The molecule has 108 valence electrons. The van der Waals surface area contributed by atoms with Gasteiger partial charge < -0.3 is 10.1 Å². The standard InChI is InChI=1S/C15H26N2OS/c1-12-14(7-15(19-12)8-16-2)10-17-6-4-5-13(9-17)11-18-3/h7,13,16H,4-6,8-11H2,1-3H3. The first-order valence-corrected chi connectivity index (χ1v) is 7.98. The average Bonchev–Trinajstić information content (AvgIpc) is 2.71. The zero-order chi connectivity index (χ0) is 13.7. The molecule has 2 heterocycles. The molecule has 1 aromatic rings. The molecular weight excluding hydrogens is 256 g/mol. The lowest BCUT2D eigenvalue weighted by atomic mass is 9.98. The van der Waals surface area contributed by atoms with Crippen molar-refractivity contribution in [2.24, 2.45) is 5.92 Å². The summed E-state index contributed by atoms with van der Waals surface area (Å²) < 4.78 is 5.31. The Kier molecular flexibility index (Phi) is 5.82. The molecule has 0 saturated carbocycles. The van der Waals surface area contributed by atoms with E-state index in [4.69, 9.17) is 4.74 Å². The van der Waals surface area contributed by atoms with Crippen LogP contribution >= 0.6 is 11.3 Å². The molecule has 19 heavy (non-hydrogen) atoms. The van der Waals surface area contributed by atoms with Crippen LogP contribution in [-0.2, 0) is 17.8 Å². The van der Waals surface area contributed by atoms with Crippen molar-refractivity contribution in [1.82, 2.24) is 10.2 Å². The first-order chi connectivity index (χ1) is 9.22. The molecule has 1 aliphatic heterocycles. The molecule has 3 nitrogen and oxygen atoms in total. The fraction of sp³-hybridized carbons (Fsp3) is 0.733. The van der Waals surface area contributed by atoms with Crippen molar-refractivity contribution >= 4 is 11.3 Å². The molecule has 1 atom stereocenters. The first kappa shape index (κ1) is 15.0. The highest BCUT2D eigenvalue weighted by atomic mass is 32.1. The second-order valence-electron chi connectivity index (χ2n) is 5.52. The Bertz CT molecular complexity index is 389. The van der Waals surface area contributed by atoms with E-state index in [-0.39, 0.29) is 0 Å². The van der Waals surface area contributed by atoms with Crippen LogP contribution in [-0.4, -0.2) is 38.8 Å². The van der Waals surface area contributed by atoms with E-state index in [1.165, 1.54) is 41.2 Å². The molecule has 0 spiro atoms. The summed E-state index contributed by atoms with van der Waals surface area (Å²) in [5, 5.41) is 3.23. The third-order valence-corrected chi connectivity index (χ3v) is 4.91. The summed E-state index contributed by atoms with van der Waals surface area (Å²) in [6, 6.07) is 2.37. The number of piperidine rings is 1. The van der Waals surface area contributed by atoms with Gasteiger partial charge in [0.1, 0.15) is 0 Å². The van der Waals surface area contributed by atoms with Gasteiger partial charge in [-0.2, -0.15) is 0 Å². The van der Waals surface area contributed by atoms with Gasteiger partial charge in [-0.3, -0.25) is 4.90 Å². The zero-order valence-corrected chi connectivity index (χ0v) is 13.2. The number of nitrogens with one attached hydrogen (secondary N) is 1. The van der Waals surface area contributed by atoms with Crippen molar-refractivity contribution in [3.8, 4) is 0 Å². The van der Waals surface area contributed by atoms with Crippen LogP contribution in [0.3, 0.4) is 0 Å². The number of aryl methyl sites for hydroxylation is 1. The summed E-state index contributed by atoms with van der Waals surface area (Å²) >= 11 is 1.92. The lowest BCUT2D eigenvalue weighted by Crippen LogP contribution is -2.36. The maximum Gasteiger partial charge on any atom is 0.0502 e. The van der Waals surface area contributed by atoms with Crippen LogP contribution in [0.2, 0.25) is 0 Å². The minimum atomic E-state index is 0.717. The summed E-state index contributed by atoms with van der Waals surface area (Å²) in [4.78, 5) is 5.50. The van der Waals surface area contributed by atoms with Crippen molar-refractivity contribution < 1.29 is 4.74 Å². The summed E-state index contributed by atoms with van der Waals surface area (Å²) in [6.07, 6.45) is 2.62. The zero-order valence-electron chi connectivity index (χ0n) is 12.4. The quantitative estimate of drug-likeness (QED) is 0.868. The van der Waals surface area contributed by atoms with Crippen molar-refractivity contribution in [3.05, 3.63) is 21.4 Å².